The van der Waals surface area contributed by atoms with Gasteiger partial charge in [0.05, 0.1) is 76.1 Å². The lowest BCUT2D eigenvalue weighted by Crippen LogP contribution is -2.61. The first kappa shape index (κ1) is 97.4. The van der Waals surface area contributed by atoms with Crippen molar-refractivity contribution >= 4 is 88.8 Å². The van der Waals surface area contributed by atoms with Crippen molar-refractivity contribution in [2.24, 2.45) is 34.0 Å². The number of aliphatic carboxylic acids is 2. The molecular weight excluding hydrogens is 1630 g/mol. The number of carbonyl (C=O) groups is 14. The summed E-state index contributed by atoms with van der Waals surface area (Å²) in [6.45, 7) is 2.43. The number of likely N-dealkylation sites (tertiary alicyclic amines) is 3. The number of H-pyrrole nitrogens is 3. The standard InChI is InChI=1S/C73H112N22O28/c1-31(2)12-40(61(109)85-41(13-34-19-77-28-82-34)62(110)86-42(14-35-20-78-29-83-35)63(111)89-44(70(118)119)15-36-21-79-30-84-36)87-64(112)46-9-7-11-93(46)68(116)43(18-52(102)103)88-66(114)48-17-38(120-72-58(56(105)50(27-98)122-72)123-71-57(106)55(104)49(26-97)121-71)24-94(48)51(101)22-81-60(108)45(25-96)90-65(113)47-16-37(100)23-95(47)69(117)53(32(3)4)91-67(115)54(33(5)99)92-59(107)39(74)8-6-10-80-73(75)76/h19-21,28-33,37-50,53-58,71-72,96-100,104-106H,6-18,22-27,74H2,1-5H3,(H,77,82)(H,78,83)(H,79,84)(H,81,108)(H,85,109)(H,86,110)(H,87,112)(H,88,114)(H,89,111)(H,90,113)(H,91,115)(H,92,107)(H,102,103)(H,118,119)(H4,75,76,80)/t33-,37-,38+,39+,40+,41+,42+,43+,44+,45+,46+,47+,48+,49+,50+,53+,54+,55+,56+,57-,58-,71-,72+/m1/s1. The van der Waals surface area contributed by atoms with E-state index in [2.05, 4.69) is 82.7 Å². The Balaban J connectivity index is 0.979. The Bertz CT molecular complexity index is 4120. The number of nitrogens with two attached hydrogens (primary N) is 3. The molecule has 5 fully saturated rings. The van der Waals surface area contributed by atoms with Crippen LogP contribution in [0.5, 0.6) is 0 Å². The zero-order chi connectivity index (χ0) is 90.4. The Morgan fingerprint density at radius 3 is 1.63 bits per heavy atom. The highest BCUT2D eigenvalue weighted by Crippen LogP contribution is 2.34. The zero-order valence-electron chi connectivity index (χ0n) is 68.0. The number of rotatable bonds is 45. The number of nitrogens with zero attached hydrogens (tertiary/aromatic N) is 7. The molecule has 8 rings (SSSR count). The van der Waals surface area contributed by atoms with Crippen LogP contribution in [0.25, 0.3) is 0 Å². The number of hydrogen-bond acceptors (Lipinski definition) is 31. The number of imidazole rings is 3. The molecule has 0 radical (unpaired) electrons. The van der Waals surface area contributed by atoms with Gasteiger partial charge in [0, 0.05) is 94.0 Å². The number of ether oxygens (including phenoxy) is 4. The van der Waals surface area contributed by atoms with Gasteiger partial charge in [0.2, 0.25) is 70.9 Å². The second-order valence-corrected chi connectivity index (χ2v) is 31.4. The van der Waals surface area contributed by atoms with E-state index < -0.39 is 287 Å². The van der Waals surface area contributed by atoms with Crippen molar-refractivity contribution in [3.05, 3.63) is 54.7 Å². The lowest BCUT2D eigenvalue weighted by molar-refractivity contribution is -0.254. The Kier molecular flexibility index (Phi) is 35.9. The van der Waals surface area contributed by atoms with Crippen LogP contribution in [0.2, 0.25) is 0 Å². The summed E-state index contributed by atoms with van der Waals surface area (Å²) in [7, 11) is 0. The molecule has 0 spiro atoms. The highest BCUT2D eigenvalue weighted by molar-refractivity contribution is 6.00. The van der Waals surface area contributed by atoms with Gasteiger partial charge >= 0.3 is 11.9 Å². The monoisotopic (exact) mass is 1740 g/mol. The summed E-state index contributed by atoms with van der Waals surface area (Å²) in [6, 6.07) is -19.3. The van der Waals surface area contributed by atoms with E-state index in [0.717, 1.165) is 14.7 Å². The first-order chi connectivity index (χ1) is 58.3. The van der Waals surface area contributed by atoms with Gasteiger partial charge in [-0.15, -0.1) is 0 Å². The number of aliphatic imine (C=N–C) groups is 1. The molecule has 0 unspecified atom stereocenters. The number of carboxylic acid groups (broad SMARTS) is 2. The number of carbonyl (C=O) groups excluding carboxylic acids is 12. The maximum absolute atomic E-state index is 15.0. The Labute approximate surface area is 702 Å². The van der Waals surface area contributed by atoms with E-state index >= 15 is 4.79 Å². The smallest absolute Gasteiger partial charge is 0.326 e. The van der Waals surface area contributed by atoms with Crippen molar-refractivity contribution < 1.29 is 137 Å². The van der Waals surface area contributed by atoms with E-state index in [-0.39, 0.29) is 76.3 Å². The van der Waals surface area contributed by atoms with Crippen molar-refractivity contribution in [3.8, 4) is 0 Å². The summed E-state index contributed by atoms with van der Waals surface area (Å²) in [5.74, 6) is -17.0. The van der Waals surface area contributed by atoms with Gasteiger partial charge in [-0.1, -0.05) is 27.7 Å². The molecule has 3 aromatic rings. The fourth-order valence-electron chi connectivity index (χ4n) is 14.7. The van der Waals surface area contributed by atoms with E-state index in [0.29, 0.717) is 17.1 Å². The van der Waals surface area contributed by atoms with Gasteiger partial charge in [-0.05, 0) is 50.9 Å². The predicted molar refractivity (Wildman–Crippen MR) is 416 cm³/mol. The highest BCUT2D eigenvalue weighted by Gasteiger charge is 2.54. The van der Waals surface area contributed by atoms with Gasteiger partial charge < -0.3 is 165 Å². The van der Waals surface area contributed by atoms with Gasteiger partial charge in [-0.3, -0.25) is 67.3 Å². The molecule has 50 heteroatoms. The largest absolute Gasteiger partial charge is 0.481 e. The first-order valence-electron chi connectivity index (χ1n) is 39.9. The van der Waals surface area contributed by atoms with Crippen LogP contribution in [0.4, 0.5) is 0 Å². The van der Waals surface area contributed by atoms with Crippen molar-refractivity contribution in [3.63, 3.8) is 0 Å². The summed E-state index contributed by atoms with van der Waals surface area (Å²) in [5, 5.41) is 127. The summed E-state index contributed by atoms with van der Waals surface area (Å²) < 4.78 is 23.3. The molecule has 3 aromatic heterocycles. The average molecular weight is 1750 g/mol. The van der Waals surface area contributed by atoms with Crippen LogP contribution in [-0.4, -0.2) is 377 Å². The van der Waals surface area contributed by atoms with E-state index in [1.807, 2.05) is 0 Å². The topological polar surface area (TPSA) is 773 Å². The van der Waals surface area contributed by atoms with Gasteiger partial charge in [0.25, 0.3) is 0 Å². The first-order valence-corrected chi connectivity index (χ1v) is 39.9. The molecule has 0 bridgehead atoms. The van der Waals surface area contributed by atoms with Gasteiger partial charge in [-0.2, -0.15) is 0 Å². The maximum Gasteiger partial charge on any atom is 0.326 e. The van der Waals surface area contributed by atoms with E-state index in [1.54, 1.807) is 13.8 Å². The fourth-order valence-corrected chi connectivity index (χ4v) is 14.7. The molecule has 123 heavy (non-hydrogen) atoms. The van der Waals surface area contributed by atoms with Crippen LogP contribution < -0.4 is 65.1 Å². The third-order valence-electron chi connectivity index (χ3n) is 21.2. The molecule has 12 amide bonds. The Morgan fingerprint density at radius 2 is 1.11 bits per heavy atom. The molecule has 5 aliphatic rings. The molecule has 50 nitrogen and oxygen atoms in total. The van der Waals surface area contributed by atoms with Crippen LogP contribution in [0.1, 0.15) is 103 Å². The molecule has 0 aliphatic carbocycles. The summed E-state index contributed by atoms with van der Waals surface area (Å²) in [6.07, 6.45) is -12.5. The Hall–Kier alpha value is -11.0. The number of hydrogen-bond donors (Lipinski definition) is 25. The molecule has 8 heterocycles. The second-order valence-electron chi connectivity index (χ2n) is 31.4. The summed E-state index contributed by atoms with van der Waals surface area (Å²) in [5.41, 5.74) is 17.7. The van der Waals surface area contributed by atoms with Crippen molar-refractivity contribution in [2.75, 3.05) is 52.5 Å². The molecule has 0 saturated carbocycles. The molecule has 0 aromatic carbocycles. The van der Waals surface area contributed by atoms with Crippen LogP contribution in [0, 0.1) is 11.8 Å². The zero-order valence-corrected chi connectivity index (χ0v) is 68.0. The Morgan fingerprint density at radius 1 is 0.577 bits per heavy atom. The minimum Gasteiger partial charge on any atom is -0.481 e. The van der Waals surface area contributed by atoms with Crippen molar-refractivity contribution in [1.29, 1.82) is 0 Å². The molecule has 5 aliphatic heterocycles. The number of guanidine groups is 1. The number of aliphatic hydroxyl groups is 8. The minimum atomic E-state index is -2.06. The van der Waals surface area contributed by atoms with E-state index in [1.165, 1.54) is 58.3 Å². The molecule has 23 atom stereocenters. The van der Waals surface area contributed by atoms with Crippen LogP contribution in [-0.2, 0) is 105 Å². The number of aliphatic hydroxyl groups excluding tert-OH is 8. The lowest BCUT2D eigenvalue weighted by Gasteiger charge is -2.32. The SMILES string of the molecule is CC(C)C[C@H](NC(=O)[C@@H]1CCCN1C(=O)[C@H](CC(=O)O)NC(=O)[C@@H]1C[C@H](O[C@H]2O[C@@H](CO)[C@H](O)[C@H]2O[C@H]2O[C@@H](CO)[C@H](O)[C@H]2O)CN1C(=O)CNC(=O)[C@H](CO)NC(=O)[C@@H]1C[C@@H](O)CN1C(=O)[C@@H](NC(=O)[C@@H](NC(=O)[C@@H](N)CCCN=C(N)N)[C@@H](C)O)C(C)C)C(=O)N[C@@H](Cc1cnc[nH]1)C(=O)N[C@@H](Cc1cnc[nH]1)C(=O)N[C@@H](Cc1cnc[nH]1)C(=O)O. The number of β-amino-alcohol motifs (C(OH)–C–C–N with tert-alkyl or cyclic N) is 1. The number of nitrogens with one attached hydrogen (secondary N) is 12. The molecular formula is C73H112N22O28. The fraction of sp³-hybridized carbons (Fsp3) is 0.671. The number of amides is 12. The molecule has 682 valence electrons. The molecule has 5 saturated heterocycles. The van der Waals surface area contributed by atoms with Crippen LogP contribution >= 0.6 is 0 Å². The van der Waals surface area contributed by atoms with Crippen molar-refractivity contribution in [1.82, 2.24) is 92.5 Å². The van der Waals surface area contributed by atoms with Crippen LogP contribution in [0.15, 0.2) is 42.6 Å². The van der Waals surface area contributed by atoms with E-state index in [9.17, 15) is 113 Å². The van der Waals surface area contributed by atoms with Gasteiger partial charge in [-0.25, -0.2) is 19.7 Å². The van der Waals surface area contributed by atoms with Crippen molar-refractivity contribution in [2.45, 2.75) is 245 Å². The highest BCUT2D eigenvalue weighted by atomic mass is 16.8. The maximum atomic E-state index is 15.0. The summed E-state index contributed by atoms with van der Waals surface area (Å²) >= 11 is 0. The second kappa shape index (κ2) is 45.4. The van der Waals surface area contributed by atoms with Gasteiger partial charge in [0.1, 0.15) is 103 Å². The number of aromatic amines is 3. The quantitative estimate of drug-likeness (QED) is 0.0142. The van der Waals surface area contributed by atoms with Crippen LogP contribution in [0.3, 0.4) is 0 Å². The normalized spacial score (nSPS) is 24.9. The molecule has 28 N–H and O–H groups in total. The summed E-state index contributed by atoms with van der Waals surface area (Å²) in [4.78, 5) is 224. The number of aromatic nitrogens is 6. The predicted octanol–water partition coefficient (Wildman–Crippen LogP) is -12.3. The minimum absolute atomic E-state index is 0.0627. The average Bonchev–Trinajstić information content (AvgIpc) is 1.64. The number of carboxylic acids is 2. The third kappa shape index (κ3) is 26.7. The van der Waals surface area contributed by atoms with Gasteiger partial charge in [0.15, 0.2) is 18.5 Å². The van der Waals surface area contributed by atoms with E-state index in [4.69, 9.17) is 36.1 Å². The third-order valence-corrected chi connectivity index (χ3v) is 21.2. The lowest BCUT2D eigenvalue weighted by atomic mass is 10.0.